The average molecular weight is 274 g/mol. The van der Waals surface area contributed by atoms with Crippen LogP contribution in [0.2, 0.25) is 0 Å². The highest BCUT2D eigenvalue weighted by atomic mass is 32.1. The van der Waals surface area contributed by atoms with Crippen LogP contribution in [0.25, 0.3) is 11.3 Å². The summed E-state index contributed by atoms with van der Waals surface area (Å²) >= 11 is 1.43. The number of methoxy groups -OCH3 is 1. The molecule has 3 rings (SSSR count). The molecule has 0 radical (unpaired) electrons. The summed E-state index contributed by atoms with van der Waals surface area (Å²) in [5.74, 6) is 0.231. The SMILES string of the molecule is COC(=O)C1CC1c1ccc(-c2csc(N)n2)cc1. The van der Waals surface area contributed by atoms with Gasteiger partial charge in [-0.25, -0.2) is 4.98 Å². The fourth-order valence-electron chi connectivity index (χ4n) is 2.30. The number of aromatic nitrogens is 1. The second-order valence-electron chi connectivity index (χ2n) is 4.66. The third kappa shape index (κ3) is 2.33. The Labute approximate surface area is 115 Å². The van der Waals surface area contributed by atoms with Gasteiger partial charge >= 0.3 is 5.97 Å². The molecule has 1 fully saturated rings. The Morgan fingerprint density at radius 1 is 1.42 bits per heavy atom. The lowest BCUT2D eigenvalue weighted by molar-refractivity contribution is -0.142. The van der Waals surface area contributed by atoms with Gasteiger partial charge in [-0.2, -0.15) is 0 Å². The standard InChI is InChI=1S/C14H14N2O2S/c1-18-13(17)11-6-10(11)8-2-4-9(5-3-8)12-7-19-14(15)16-12/h2-5,7,10-11H,6H2,1H3,(H2,15,16). The van der Waals surface area contributed by atoms with E-state index < -0.39 is 0 Å². The van der Waals surface area contributed by atoms with E-state index in [0.29, 0.717) is 11.0 Å². The molecule has 2 N–H and O–H groups in total. The molecule has 2 unspecified atom stereocenters. The van der Waals surface area contributed by atoms with E-state index in [0.717, 1.165) is 17.7 Å². The number of nitrogens with two attached hydrogens (primary N) is 1. The van der Waals surface area contributed by atoms with Crippen molar-refractivity contribution >= 4 is 22.4 Å². The zero-order valence-electron chi connectivity index (χ0n) is 10.5. The lowest BCUT2D eigenvalue weighted by atomic mass is 10.1. The van der Waals surface area contributed by atoms with Crippen LogP contribution in [0.5, 0.6) is 0 Å². The molecule has 98 valence electrons. The average Bonchev–Trinajstić information content (AvgIpc) is 3.13. The quantitative estimate of drug-likeness (QED) is 0.874. The van der Waals surface area contributed by atoms with Crippen molar-refractivity contribution in [1.29, 1.82) is 0 Å². The van der Waals surface area contributed by atoms with Crippen molar-refractivity contribution < 1.29 is 9.53 Å². The van der Waals surface area contributed by atoms with Crippen molar-refractivity contribution in [3.63, 3.8) is 0 Å². The summed E-state index contributed by atoms with van der Waals surface area (Å²) < 4.78 is 4.76. The molecule has 4 nitrogen and oxygen atoms in total. The molecule has 0 aliphatic heterocycles. The van der Waals surface area contributed by atoms with E-state index in [1.54, 1.807) is 0 Å². The van der Waals surface area contributed by atoms with Crippen molar-refractivity contribution in [2.75, 3.05) is 12.8 Å². The molecule has 2 atom stereocenters. The minimum absolute atomic E-state index is 0.0331. The highest BCUT2D eigenvalue weighted by Gasteiger charge is 2.44. The fourth-order valence-corrected chi connectivity index (χ4v) is 2.87. The molecule has 0 saturated heterocycles. The lowest BCUT2D eigenvalue weighted by Gasteiger charge is -2.02. The Morgan fingerprint density at radius 3 is 2.74 bits per heavy atom. The lowest BCUT2D eigenvalue weighted by Crippen LogP contribution is -2.03. The maximum atomic E-state index is 11.4. The first-order valence-corrected chi connectivity index (χ1v) is 6.96. The van der Waals surface area contributed by atoms with Gasteiger partial charge in [0.2, 0.25) is 0 Å². The Morgan fingerprint density at radius 2 is 2.16 bits per heavy atom. The number of esters is 1. The van der Waals surface area contributed by atoms with Crippen LogP contribution in [0.3, 0.4) is 0 Å². The number of carbonyl (C=O) groups is 1. The fraction of sp³-hybridized carbons (Fsp3) is 0.286. The maximum Gasteiger partial charge on any atom is 0.309 e. The van der Waals surface area contributed by atoms with E-state index in [4.69, 9.17) is 10.5 Å². The predicted octanol–water partition coefficient (Wildman–Crippen LogP) is 2.67. The Balaban J connectivity index is 1.75. The van der Waals surface area contributed by atoms with Crippen LogP contribution in [0.1, 0.15) is 17.9 Å². The number of hydrogen-bond donors (Lipinski definition) is 1. The smallest absolute Gasteiger partial charge is 0.309 e. The molecule has 19 heavy (non-hydrogen) atoms. The van der Waals surface area contributed by atoms with Gasteiger partial charge in [-0.15, -0.1) is 11.3 Å². The molecule has 0 bridgehead atoms. The molecular weight excluding hydrogens is 260 g/mol. The summed E-state index contributed by atoms with van der Waals surface area (Å²) in [5.41, 5.74) is 8.76. The van der Waals surface area contributed by atoms with Gasteiger partial charge < -0.3 is 10.5 Å². The van der Waals surface area contributed by atoms with Crippen LogP contribution in [-0.2, 0) is 9.53 Å². The molecule has 0 spiro atoms. The zero-order chi connectivity index (χ0) is 13.4. The molecule has 0 amide bonds. The number of anilines is 1. The molecule has 1 aromatic carbocycles. The second kappa shape index (κ2) is 4.66. The Bertz CT molecular complexity index is 606. The van der Waals surface area contributed by atoms with Gasteiger partial charge in [-0.1, -0.05) is 24.3 Å². The van der Waals surface area contributed by atoms with Crippen LogP contribution in [-0.4, -0.2) is 18.1 Å². The third-order valence-corrected chi connectivity index (χ3v) is 4.12. The van der Waals surface area contributed by atoms with Crippen LogP contribution >= 0.6 is 11.3 Å². The number of nitrogens with zero attached hydrogens (tertiary/aromatic N) is 1. The van der Waals surface area contributed by atoms with Crippen molar-refractivity contribution in [2.24, 2.45) is 5.92 Å². The number of hydrogen-bond acceptors (Lipinski definition) is 5. The summed E-state index contributed by atoms with van der Waals surface area (Å²) in [7, 11) is 1.44. The summed E-state index contributed by atoms with van der Waals surface area (Å²) in [6, 6.07) is 8.16. The van der Waals surface area contributed by atoms with Crippen molar-refractivity contribution in [3.8, 4) is 11.3 Å². The monoisotopic (exact) mass is 274 g/mol. The van der Waals surface area contributed by atoms with Crippen LogP contribution in [0, 0.1) is 5.92 Å². The molecule has 5 heteroatoms. The second-order valence-corrected chi connectivity index (χ2v) is 5.55. The molecule has 1 heterocycles. The largest absolute Gasteiger partial charge is 0.469 e. The number of ether oxygens (including phenoxy) is 1. The summed E-state index contributed by atoms with van der Waals surface area (Å²) in [4.78, 5) is 15.7. The minimum Gasteiger partial charge on any atom is -0.469 e. The van der Waals surface area contributed by atoms with Gasteiger partial charge in [0.1, 0.15) is 0 Å². The van der Waals surface area contributed by atoms with E-state index in [-0.39, 0.29) is 11.9 Å². The van der Waals surface area contributed by atoms with E-state index in [1.807, 2.05) is 17.5 Å². The van der Waals surface area contributed by atoms with Crippen LogP contribution in [0.4, 0.5) is 5.13 Å². The Kier molecular flexibility index (Phi) is 2.98. The highest BCUT2D eigenvalue weighted by Crippen LogP contribution is 2.48. The maximum absolute atomic E-state index is 11.4. The van der Waals surface area contributed by atoms with Crippen molar-refractivity contribution in [3.05, 3.63) is 35.2 Å². The third-order valence-electron chi connectivity index (χ3n) is 3.45. The van der Waals surface area contributed by atoms with Crippen LogP contribution < -0.4 is 5.73 Å². The summed E-state index contributed by atoms with van der Waals surface area (Å²) in [5, 5.41) is 2.52. The van der Waals surface area contributed by atoms with Gasteiger partial charge in [-0.3, -0.25) is 4.79 Å². The molecular formula is C14H14N2O2S. The highest BCUT2D eigenvalue weighted by molar-refractivity contribution is 7.13. The number of carbonyl (C=O) groups excluding carboxylic acids is 1. The Hall–Kier alpha value is -1.88. The molecule has 2 aromatic rings. The first kappa shape index (κ1) is 12.2. The minimum atomic E-state index is -0.110. The molecule has 1 aliphatic carbocycles. The molecule has 1 aromatic heterocycles. The van der Waals surface area contributed by atoms with E-state index in [1.165, 1.54) is 24.0 Å². The van der Waals surface area contributed by atoms with E-state index >= 15 is 0 Å². The molecule has 1 saturated carbocycles. The first-order valence-electron chi connectivity index (χ1n) is 6.08. The molecule has 1 aliphatic rings. The number of nitrogen functional groups attached to an aromatic ring is 1. The number of thiazole rings is 1. The summed E-state index contributed by atoms with van der Waals surface area (Å²) in [6.07, 6.45) is 0.885. The normalized spacial score (nSPS) is 21.1. The number of benzene rings is 1. The van der Waals surface area contributed by atoms with E-state index in [9.17, 15) is 4.79 Å². The van der Waals surface area contributed by atoms with E-state index in [2.05, 4.69) is 17.1 Å². The summed E-state index contributed by atoms with van der Waals surface area (Å²) in [6.45, 7) is 0. The van der Waals surface area contributed by atoms with Gasteiger partial charge in [0.15, 0.2) is 5.13 Å². The first-order chi connectivity index (χ1) is 9.19. The van der Waals surface area contributed by atoms with Crippen molar-refractivity contribution in [1.82, 2.24) is 4.98 Å². The van der Waals surface area contributed by atoms with Gasteiger partial charge in [0, 0.05) is 10.9 Å². The van der Waals surface area contributed by atoms with Crippen molar-refractivity contribution in [2.45, 2.75) is 12.3 Å². The topological polar surface area (TPSA) is 65.2 Å². The van der Waals surface area contributed by atoms with Gasteiger partial charge in [-0.05, 0) is 17.9 Å². The number of rotatable bonds is 3. The zero-order valence-corrected chi connectivity index (χ0v) is 11.3. The van der Waals surface area contributed by atoms with Gasteiger partial charge in [0.25, 0.3) is 0 Å². The van der Waals surface area contributed by atoms with Gasteiger partial charge in [0.05, 0.1) is 18.7 Å². The predicted molar refractivity (Wildman–Crippen MR) is 74.8 cm³/mol. The van der Waals surface area contributed by atoms with Crippen LogP contribution in [0.15, 0.2) is 29.6 Å².